The van der Waals surface area contributed by atoms with Crippen LogP contribution < -0.4 is 9.47 Å². The minimum atomic E-state index is -0.865. The summed E-state index contributed by atoms with van der Waals surface area (Å²) in [7, 11) is 0. The Balaban J connectivity index is 1.24. The van der Waals surface area contributed by atoms with Crippen LogP contribution in [0.5, 0.6) is 11.5 Å². The van der Waals surface area contributed by atoms with Gasteiger partial charge in [-0.3, -0.25) is 4.90 Å². The Labute approximate surface area is 213 Å². The van der Waals surface area contributed by atoms with E-state index in [1.165, 1.54) is 5.56 Å². The maximum Gasteiger partial charge on any atom is 0.120 e. The summed E-state index contributed by atoms with van der Waals surface area (Å²) in [6.07, 6.45) is 6.43. The molecule has 1 aliphatic rings. The van der Waals surface area contributed by atoms with Crippen LogP contribution in [0.4, 0.5) is 0 Å². The monoisotopic (exact) mass is 497 g/mol. The second kappa shape index (κ2) is 11.5. The second-order valence-electron chi connectivity index (χ2n) is 9.71. The third-order valence-corrected chi connectivity index (χ3v) is 7.21. The fraction of sp³-hybridized carbons (Fsp3) is 0.464. The Kier molecular flexibility index (Phi) is 8.37. The molecule has 3 aromatic rings. The van der Waals surface area contributed by atoms with Crippen LogP contribution in [0, 0.1) is 20.8 Å². The molecule has 6 nitrogen and oxygen atoms in total. The van der Waals surface area contributed by atoms with E-state index in [4.69, 9.17) is 21.1 Å². The highest BCUT2D eigenvalue weighted by molar-refractivity contribution is 6.32. The molecule has 188 valence electrons. The van der Waals surface area contributed by atoms with Gasteiger partial charge in [0.15, 0.2) is 0 Å². The fourth-order valence-electron chi connectivity index (χ4n) is 4.68. The van der Waals surface area contributed by atoms with E-state index in [0.29, 0.717) is 13.2 Å². The molecule has 1 fully saturated rings. The van der Waals surface area contributed by atoms with Gasteiger partial charge in [-0.1, -0.05) is 23.7 Å². The van der Waals surface area contributed by atoms with Gasteiger partial charge in [0.2, 0.25) is 0 Å². The van der Waals surface area contributed by atoms with E-state index in [-0.39, 0.29) is 6.61 Å². The van der Waals surface area contributed by atoms with E-state index in [2.05, 4.69) is 26.6 Å². The summed E-state index contributed by atoms with van der Waals surface area (Å²) < 4.78 is 14.0. The summed E-state index contributed by atoms with van der Waals surface area (Å²) in [5.74, 6) is 2.67. The van der Waals surface area contributed by atoms with Crippen LogP contribution in [0.2, 0.25) is 5.02 Å². The Bertz CT molecular complexity index is 1090. The van der Waals surface area contributed by atoms with E-state index < -0.39 is 5.60 Å². The van der Waals surface area contributed by atoms with Crippen molar-refractivity contribution in [1.82, 2.24) is 14.5 Å². The fourth-order valence-corrected chi connectivity index (χ4v) is 4.79. The average Bonchev–Trinajstić information content (AvgIpc) is 3.24. The van der Waals surface area contributed by atoms with Gasteiger partial charge < -0.3 is 19.1 Å². The summed E-state index contributed by atoms with van der Waals surface area (Å²) >= 11 is 6.27. The van der Waals surface area contributed by atoms with Crippen molar-refractivity contribution in [3.63, 3.8) is 0 Å². The molecular formula is C28H36ClN3O3. The first-order chi connectivity index (χ1) is 16.8. The smallest absolute Gasteiger partial charge is 0.120 e. The Morgan fingerprint density at radius 3 is 2.49 bits per heavy atom. The molecule has 35 heavy (non-hydrogen) atoms. The molecule has 0 amide bonds. The highest BCUT2D eigenvalue weighted by atomic mass is 35.5. The molecule has 1 N–H and O–H groups in total. The average molecular weight is 498 g/mol. The van der Waals surface area contributed by atoms with Gasteiger partial charge in [0.1, 0.15) is 29.5 Å². The standard InChI is InChI=1S/C28H36ClN3O3/c1-21-16-26(17-22(2)27(21)29)35-20-28(33)10-4-12-31(19-28)18-24-6-8-25(9-7-24)34-15-5-13-32-14-11-30-23(32)3/h6-9,11,14,16-17,33H,4-5,10,12-13,15,18-20H2,1-3H3. The zero-order valence-corrected chi connectivity index (χ0v) is 21.7. The summed E-state index contributed by atoms with van der Waals surface area (Å²) in [5.41, 5.74) is 2.32. The van der Waals surface area contributed by atoms with Crippen LogP contribution in [-0.2, 0) is 13.1 Å². The number of halogens is 1. The van der Waals surface area contributed by atoms with E-state index in [0.717, 1.165) is 72.4 Å². The first kappa shape index (κ1) is 25.5. The van der Waals surface area contributed by atoms with Crippen LogP contribution in [0.3, 0.4) is 0 Å². The highest BCUT2D eigenvalue weighted by Crippen LogP contribution is 2.28. The third kappa shape index (κ3) is 7.00. The molecule has 1 atom stereocenters. The Morgan fingerprint density at radius 1 is 1.06 bits per heavy atom. The molecule has 1 saturated heterocycles. The van der Waals surface area contributed by atoms with Crippen molar-refractivity contribution in [3.05, 3.63) is 76.3 Å². The zero-order chi connectivity index (χ0) is 24.8. The van der Waals surface area contributed by atoms with Crippen molar-refractivity contribution in [2.45, 2.75) is 58.7 Å². The number of piperidine rings is 1. The van der Waals surface area contributed by atoms with Crippen LogP contribution >= 0.6 is 11.6 Å². The van der Waals surface area contributed by atoms with Gasteiger partial charge in [0.25, 0.3) is 0 Å². The van der Waals surface area contributed by atoms with E-state index in [9.17, 15) is 5.11 Å². The predicted molar refractivity (Wildman–Crippen MR) is 139 cm³/mol. The summed E-state index contributed by atoms with van der Waals surface area (Å²) in [5, 5.41) is 12.0. The Morgan fingerprint density at radius 2 is 1.80 bits per heavy atom. The Hall–Kier alpha value is -2.54. The van der Waals surface area contributed by atoms with Crippen molar-refractivity contribution in [2.75, 3.05) is 26.3 Å². The summed E-state index contributed by atoms with van der Waals surface area (Å²) in [4.78, 5) is 6.54. The first-order valence-electron chi connectivity index (χ1n) is 12.4. The lowest BCUT2D eigenvalue weighted by Gasteiger charge is -2.39. The number of imidazole rings is 1. The number of hydrogen-bond acceptors (Lipinski definition) is 5. The lowest BCUT2D eigenvalue weighted by molar-refractivity contribution is -0.0621. The van der Waals surface area contributed by atoms with Gasteiger partial charge in [-0.2, -0.15) is 0 Å². The molecule has 0 spiro atoms. The van der Waals surface area contributed by atoms with Crippen molar-refractivity contribution in [1.29, 1.82) is 0 Å². The lowest BCUT2D eigenvalue weighted by atomic mass is 9.93. The molecule has 0 bridgehead atoms. The molecular weight excluding hydrogens is 462 g/mol. The minimum absolute atomic E-state index is 0.273. The molecule has 1 aliphatic heterocycles. The molecule has 2 aromatic carbocycles. The normalized spacial score (nSPS) is 18.5. The molecule has 2 heterocycles. The SMILES string of the molecule is Cc1cc(OCC2(O)CCCN(Cc3ccc(OCCCn4ccnc4C)cc3)C2)cc(C)c1Cl. The van der Waals surface area contributed by atoms with Gasteiger partial charge >= 0.3 is 0 Å². The van der Waals surface area contributed by atoms with Gasteiger partial charge in [0, 0.05) is 37.1 Å². The van der Waals surface area contributed by atoms with Crippen LogP contribution in [0.25, 0.3) is 0 Å². The molecule has 0 aliphatic carbocycles. The highest BCUT2D eigenvalue weighted by Gasteiger charge is 2.34. The van der Waals surface area contributed by atoms with Gasteiger partial charge in [0.05, 0.1) is 6.61 Å². The third-order valence-electron chi connectivity index (χ3n) is 6.62. The number of nitrogens with zero attached hydrogens (tertiary/aromatic N) is 3. The number of aliphatic hydroxyl groups is 1. The number of β-amino-alcohol motifs (C(OH)–C–C–N with tert-alkyl or cyclic N) is 1. The topological polar surface area (TPSA) is 59.8 Å². The largest absolute Gasteiger partial charge is 0.494 e. The van der Waals surface area contributed by atoms with Crippen LogP contribution in [0.15, 0.2) is 48.8 Å². The second-order valence-corrected chi connectivity index (χ2v) is 10.1. The number of benzene rings is 2. The van der Waals surface area contributed by atoms with Crippen molar-refractivity contribution in [3.8, 4) is 11.5 Å². The molecule has 1 unspecified atom stereocenters. The van der Waals surface area contributed by atoms with Gasteiger partial charge in [-0.25, -0.2) is 4.98 Å². The van der Waals surface area contributed by atoms with Gasteiger partial charge in [-0.15, -0.1) is 0 Å². The molecule has 1 aromatic heterocycles. The van der Waals surface area contributed by atoms with E-state index in [1.807, 2.05) is 57.4 Å². The number of rotatable bonds is 10. The zero-order valence-electron chi connectivity index (χ0n) is 21.0. The molecule has 7 heteroatoms. The predicted octanol–water partition coefficient (Wildman–Crippen LogP) is 5.34. The van der Waals surface area contributed by atoms with Crippen molar-refractivity contribution >= 4 is 11.6 Å². The number of ether oxygens (including phenoxy) is 2. The summed E-state index contributed by atoms with van der Waals surface area (Å²) in [6, 6.07) is 12.1. The molecule has 0 saturated carbocycles. The van der Waals surface area contributed by atoms with E-state index >= 15 is 0 Å². The maximum absolute atomic E-state index is 11.2. The van der Waals surface area contributed by atoms with Crippen molar-refractivity contribution < 1.29 is 14.6 Å². The van der Waals surface area contributed by atoms with Gasteiger partial charge in [-0.05, 0) is 87.5 Å². The maximum atomic E-state index is 11.2. The van der Waals surface area contributed by atoms with E-state index in [1.54, 1.807) is 0 Å². The molecule has 4 rings (SSSR count). The lowest BCUT2D eigenvalue weighted by Crippen LogP contribution is -2.51. The van der Waals surface area contributed by atoms with Crippen molar-refractivity contribution in [2.24, 2.45) is 0 Å². The van der Waals surface area contributed by atoms with Crippen LogP contribution in [-0.4, -0.2) is 51.5 Å². The quantitative estimate of drug-likeness (QED) is 0.383. The number of hydrogen-bond donors (Lipinski definition) is 1. The van der Waals surface area contributed by atoms with Crippen LogP contribution in [0.1, 0.15) is 41.8 Å². The number of aromatic nitrogens is 2. The number of likely N-dealkylation sites (tertiary alicyclic amines) is 1. The number of aryl methyl sites for hydroxylation is 4. The minimum Gasteiger partial charge on any atom is -0.494 e. The summed E-state index contributed by atoms with van der Waals surface area (Å²) in [6.45, 7) is 10.1. The molecule has 0 radical (unpaired) electrons. The first-order valence-corrected chi connectivity index (χ1v) is 12.7.